The second-order valence-electron chi connectivity index (χ2n) is 7.14. The van der Waals surface area contributed by atoms with E-state index in [-0.39, 0.29) is 18.4 Å². The molecule has 10 heteroatoms. The summed E-state index contributed by atoms with van der Waals surface area (Å²) >= 11 is 0. The van der Waals surface area contributed by atoms with Crippen LogP contribution >= 0.6 is 0 Å². The summed E-state index contributed by atoms with van der Waals surface area (Å²) in [6.07, 6.45) is -2.08. The molecule has 148 valence electrons. The predicted molar refractivity (Wildman–Crippen MR) is 93.1 cm³/mol. The Morgan fingerprint density at radius 2 is 2.19 bits per heavy atom. The summed E-state index contributed by atoms with van der Waals surface area (Å²) < 4.78 is 41.6. The van der Waals surface area contributed by atoms with Gasteiger partial charge in [0.05, 0.1) is 12.2 Å². The summed E-state index contributed by atoms with van der Waals surface area (Å²) in [5.74, 6) is 1.13. The third kappa shape index (κ3) is 4.68. The molecule has 0 saturated carbocycles. The first-order valence-electron chi connectivity index (χ1n) is 8.74. The van der Waals surface area contributed by atoms with E-state index in [9.17, 15) is 18.0 Å². The van der Waals surface area contributed by atoms with E-state index in [0.717, 1.165) is 18.3 Å². The number of imidazole rings is 1. The number of anilines is 1. The van der Waals surface area contributed by atoms with Gasteiger partial charge in [-0.3, -0.25) is 14.4 Å². The number of rotatable bonds is 5. The number of alkyl halides is 3. The Bertz CT molecular complexity index is 825. The molecule has 27 heavy (non-hydrogen) atoms. The molecule has 0 aromatic carbocycles. The molecule has 1 amide bonds. The van der Waals surface area contributed by atoms with Gasteiger partial charge < -0.3 is 9.88 Å². The number of halogens is 3. The van der Waals surface area contributed by atoms with E-state index in [0.29, 0.717) is 31.2 Å². The van der Waals surface area contributed by atoms with Crippen molar-refractivity contribution in [3.63, 3.8) is 0 Å². The Morgan fingerprint density at radius 1 is 1.44 bits per heavy atom. The number of amides is 1. The third-order valence-corrected chi connectivity index (χ3v) is 4.63. The first-order chi connectivity index (χ1) is 12.6. The Morgan fingerprint density at radius 3 is 2.81 bits per heavy atom. The molecule has 2 aromatic rings. The molecule has 0 fully saturated rings. The van der Waals surface area contributed by atoms with Crippen molar-refractivity contribution in [2.75, 3.05) is 25.5 Å². The van der Waals surface area contributed by atoms with Crippen molar-refractivity contribution in [1.82, 2.24) is 24.2 Å². The van der Waals surface area contributed by atoms with Gasteiger partial charge in [0.15, 0.2) is 5.69 Å². The lowest BCUT2D eigenvalue weighted by molar-refractivity contribution is -0.141. The number of aromatic nitrogens is 4. The molecule has 0 saturated heterocycles. The monoisotopic (exact) mass is 384 g/mol. The molecule has 0 spiro atoms. The second-order valence-corrected chi connectivity index (χ2v) is 7.14. The van der Waals surface area contributed by atoms with Gasteiger partial charge in [0, 0.05) is 38.8 Å². The van der Waals surface area contributed by atoms with Gasteiger partial charge in [-0.15, -0.1) is 0 Å². The molecule has 0 bridgehead atoms. The molecule has 1 N–H and O–H groups in total. The minimum Gasteiger partial charge on any atom is -0.334 e. The van der Waals surface area contributed by atoms with Crippen LogP contribution in [-0.4, -0.2) is 50.3 Å². The van der Waals surface area contributed by atoms with Gasteiger partial charge in [-0.25, -0.2) is 4.98 Å². The summed E-state index contributed by atoms with van der Waals surface area (Å²) in [5.41, 5.74) is -0.0184. The fourth-order valence-corrected chi connectivity index (χ4v) is 3.46. The first kappa shape index (κ1) is 19.4. The van der Waals surface area contributed by atoms with E-state index in [1.54, 1.807) is 22.4 Å². The molecule has 1 atom stereocenters. The number of carbonyl (C=O) groups is 1. The molecule has 7 nitrogen and oxygen atoms in total. The van der Waals surface area contributed by atoms with Crippen molar-refractivity contribution < 1.29 is 18.0 Å². The van der Waals surface area contributed by atoms with Gasteiger partial charge in [-0.1, -0.05) is 0 Å². The third-order valence-electron chi connectivity index (χ3n) is 4.63. The van der Waals surface area contributed by atoms with Crippen LogP contribution in [-0.2, 0) is 31.0 Å². The van der Waals surface area contributed by atoms with Crippen LogP contribution < -0.4 is 5.32 Å². The minimum absolute atomic E-state index is 0.154. The largest absolute Gasteiger partial charge is 0.434 e. The molecule has 1 unspecified atom stereocenters. The van der Waals surface area contributed by atoms with E-state index in [1.165, 1.54) is 0 Å². The van der Waals surface area contributed by atoms with E-state index in [1.807, 2.05) is 18.9 Å². The van der Waals surface area contributed by atoms with Crippen LogP contribution in [0, 0.1) is 12.8 Å². The van der Waals surface area contributed by atoms with Gasteiger partial charge in [-0.05, 0) is 26.3 Å². The number of hydrogen-bond donors (Lipinski definition) is 1. The van der Waals surface area contributed by atoms with Gasteiger partial charge in [0.25, 0.3) is 0 Å². The number of carbonyl (C=O) groups excluding carboxylic acids is 1. The Balaban J connectivity index is 1.52. The van der Waals surface area contributed by atoms with Crippen LogP contribution in [0.5, 0.6) is 0 Å². The van der Waals surface area contributed by atoms with Gasteiger partial charge >= 0.3 is 6.18 Å². The maximum absolute atomic E-state index is 12.8. The van der Waals surface area contributed by atoms with Crippen LogP contribution in [0.2, 0.25) is 0 Å². The van der Waals surface area contributed by atoms with Gasteiger partial charge in [0.1, 0.15) is 11.6 Å². The average molecular weight is 384 g/mol. The summed E-state index contributed by atoms with van der Waals surface area (Å²) in [7, 11) is 3.59. The number of nitrogens with zero attached hydrogens (tertiary/aromatic N) is 5. The Hall–Kier alpha value is -2.36. The molecule has 3 rings (SSSR count). The zero-order chi connectivity index (χ0) is 19.8. The Labute approximate surface area is 155 Å². The number of nitrogens with one attached hydrogen (secondary N) is 1. The minimum atomic E-state index is -4.42. The highest BCUT2D eigenvalue weighted by molar-refractivity contribution is 5.91. The number of aryl methyl sites for hydroxylation is 3. The van der Waals surface area contributed by atoms with E-state index in [4.69, 9.17) is 0 Å². The summed E-state index contributed by atoms with van der Waals surface area (Å²) in [6, 6.07) is 1.79. The van der Waals surface area contributed by atoms with E-state index >= 15 is 0 Å². The van der Waals surface area contributed by atoms with E-state index < -0.39 is 11.9 Å². The molecule has 1 aliphatic rings. The van der Waals surface area contributed by atoms with Gasteiger partial charge in [0.2, 0.25) is 5.91 Å². The zero-order valence-corrected chi connectivity index (χ0v) is 15.5. The first-order valence-corrected chi connectivity index (χ1v) is 8.74. The molecular weight excluding hydrogens is 361 g/mol. The maximum atomic E-state index is 12.8. The lowest BCUT2D eigenvalue weighted by Crippen LogP contribution is -2.36. The zero-order valence-electron chi connectivity index (χ0n) is 15.5. The highest BCUT2D eigenvalue weighted by Gasteiger charge is 2.35. The van der Waals surface area contributed by atoms with Crippen molar-refractivity contribution in [3.05, 3.63) is 29.5 Å². The predicted octanol–water partition coefficient (Wildman–Crippen LogP) is 2.08. The quantitative estimate of drug-likeness (QED) is 0.857. The van der Waals surface area contributed by atoms with Gasteiger partial charge in [-0.2, -0.15) is 18.3 Å². The fourth-order valence-electron chi connectivity index (χ4n) is 3.46. The van der Waals surface area contributed by atoms with Crippen LogP contribution in [0.3, 0.4) is 0 Å². The SMILES string of the molecule is Cc1cc(NC(=O)CN(C)CC2CCc3nc(C(F)(F)F)cn3C2)n(C)n1. The summed E-state index contributed by atoms with van der Waals surface area (Å²) in [6.45, 7) is 3.15. The highest BCUT2D eigenvalue weighted by Crippen LogP contribution is 2.30. The second kappa shape index (κ2) is 7.34. The maximum Gasteiger partial charge on any atom is 0.434 e. The van der Waals surface area contributed by atoms with Crippen LogP contribution in [0.1, 0.15) is 23.6 Å². The standard InChI is InChI=1S/C17H23F3N6O/c1-11-6-15(25(3)23-11)22-16(27)10-24(2)7-12-4-5-14-21-13(17(18,19)20)9-26(14)8-12/h6,9,12H,4-5,7-8,10H2,1-3H3,(H,22,27). The van der Waals surface area contributed by atoms with Crippen LogP contribution in [0.25, 0.3) is 0 Å². The lowest BCUT2D eigenvalue weighted by atomic mass is 9.99. The number of likely N-dealkylation sites (N-methyl/N-ethyl adjacent to an activating group) is 1. The van der Waals surface area contributed by atoms with Crippen molar-refractivity contribution in [2.45, 2.75) is 32.5 Å². The number of hydrogen-bond acceptors (Lipinski definition) is 4. The topological polar surface area (TPSA) is 68.0 Å². The summed E-state index contributed by atoms with van der Waals surface area (Å²) in [4.78, 5) is 17.8. The highest BCUT2D eigenvalue weighted by atomic mass is 19.4. The van der Waals surface area contributed by atoms with E-state index in [2.05, 4.69) is 15.4 Å². The van der Waals surface area contributed by atoms with Crippen molar-refractivity contribution in [1.29, 1.82) is 0 Å². The molecule has 1 aliphatic heterocycles. The average Bonchev–Trinajstić information content (AvgIpc) is 3.09. The van der Waals surface area contributed by atoms with Crippen LogP contribution in [0.4, 0.5) is 19.0 Å². The molecule has 0 radical (unpaired) electrons. The molecular formula is C17H23F3N6O. The van der Waals surface area contributed by atoms with Crippen molar-refractivity contribution in [2.24, 2.45) is 13.0 Å². The molecule has 0 aliphatic carbocycles. The van der Waals surface area contributed by atoms with Crippen molar-refractivity contribution in [3.8, 4) is 0 Å². The molecule has 2 aromatic heterocycles. The smallest absolute Gasteiger partial charge is 0.334 e. The summed E-state index contributed by atoms with van der Waals surface area (Å²) in [5, 5.41) is 6.99. The normalized spacial score (nSPS) is 17.2. The lowest BCUT2D eigenvalue weighted by Gasteiger charge is -2.27. The number of fused-ring (bicyclic) bond motifs is 1. The Kier molecular flexibility index (Phi) is 5.27. The molecule has 3 heterocycles. The van der Waals surface area contributed by atoms with Crippen LogP contribution in [0.15, 0.2) is 12.3 Å². The fraction of sp³-hybridized carbons (Fsp3) is 0.588. The van der Waals surface area contributed by atoms with Crippen molar-refractivity contribution >= 4 is 11.7 Å².